The van der Waals surface area contributed by atoms with Crippen LogP contribution in [0.5, 0.6) is 0 Å². The van der Waals surface area contributed by atoms with Crippen molar-refractivity contribution in [2.45, 2.75) is 6.92 Å². The summed E-state index contributed by atoms with van der Waals surface area (Å²) in [6.45, 7) is 1.88. The Bertz CT molecular complexity index is 454. The van der Waals surface area contributed by atoms with Crippen molar-refractivity contribution in [1.82, 2.24) is 4.98 Å². The number of nitrogens with zero attached hydrogens (tertiary/aromatic N) is 1. The molecule has 0 aliphatic heterocycles. The minimum absolute atomic E-state index is 0.485. The molecule has 76 valence electrons. The van der Waals surface area contributed by atoms with Gasteiger partial charge in [-0.05, 0) is 18.6 Å². The summed E-state index contributed by atoms with van der Waals surface area (Å²) in [5.74, 6) is 0.485. The predicted octanol–water partition coefficient (Wildman–Crippen LogP) is 2.22. The highest BCUT2D eigenvalue weighted by molar-refractivity contribution is 5.84. The van der Waals surface area contributed by atoms with Gasteiger partial charge in [0.15, 0.2) is 0 Å². The largest absolute Gasteiger partial charge is 0.398 e. The van der Waals surface area contributed by atoms with Crippen molar-refractivity contribution in [3.8, 4) is 11.1 Å². The number of hydrogen-bond acceptors (Lipinski definition) is 3. The minimum Gasteiger partial charge on any atom is -0.398 e. The molecule has 0 saturated carbocycles. The Morgan fingerprint density at radius 2 is 1.73 bits per heavy atom. The summed E-state index contributed by atoms with van der Waals surface area (Å²) in [6, 6.07) is 11.6. The average Bonchev–Trinajstić information content (AvgIpc) is 2.17. The molecule has 0 saturated heterocycles. The van der Waals surface area contributed by atoms with Crippen molar-refractivity contribution in [3.05, 3.63) is 42.1 Å². The number of aromatic nitrogens is 1. The van der Waals surface area contributed by atoms with Gasteiger partial charge in [-0.25, -0.2) is 4.98 Å². The van der Waals surface area contributed by atoms with Gasteiger partial charge in [0.2, 0.25) is 0 Å². The molecule has 0 amide bonds. The van der Waals surface area contributed by atoms with E-state index >= 15 is 0 Å². The fraction of sp³-hybridized carbons (Fsp3) is 0.0833. The maximum Gasteiger partial charge on any atom is 0.133 e. The van der Waals surface area contributed by atoms with Gasteiger partial charge in [-0.1, -0.05) is 30.3 Å². The molecule has 0 fully saturated rings. The Balaban J connectivity index is 2.64. The first-order chi connectivity index (χ1) is 7.18. The molecule has 0 aliphatic carbocycles. The maximum atomic E-state index is 5.93. The lowest BCUT2D eigenvalue weighted by molar-refractivity contribution is 1.21. The summed E-state index contributed by atoms with van der Waals surface area (Å²) < 4.78 is 0. The highest BCUT2D eigenvalue weighted by atomic mass is 14.9. The van der Waals surface area contributed by atoms with Crippen molar-refractivity contribution in [1.29, 1.82) is 0 Å². The molecule has 1 aromatic heterocycles. The molecular weight excluding hydrogens is 186 g/mol. The normalized spacial score (nSPS) is 10.2. The highest BCUT2D eigenvalue weighted by Gasteiger charge is 2.08. The van der Waals surface area contributed by atoms with E-state index in [4.69, 9.17) is 11.5 Å². The Hall–Kier alpha value is -2.03. The van der Waals surface area contributed by atoms with Crippen LogP contribution in [-0.2, 0) is 0 Å². The molecular formula is C12H13N3. The van der Waals surface area contributed by atoms with E-state index in [1.54, 1.807) is 0 Å². The van der Waals surface area contributed by atoms with Gasteiger partial charge < -0.3 is 11.5 Å². The number of hydrogen-bond donors (Lipinski definition) is 2. The predicted molar refractivity (Wildman–Crippen MR) is 63.2 cm³/mol. The Labute approximate surface area is 88.8 Å². The summed E-state index contributed by atoms with van der Waals surface area (Å²) >= 11 is 0. The van der Waals surface area contributed by atoms with Crippen LogP contribution in [-0.4, -0.2) is 4.98 Å². The molecule has 0 radical (unpaired) electrons. The molecule has 1 heterocycles. The molecule has 15 heavy (non-hydrogen) atoms. The Kier molecular flexibility index (Phi) is 2.29. The lowest BCUT2D eigenvalue weighted by atomic mass is 10.0. The monoisotopic (exact) mass is 199 g/mol. The van der Waals surface area contributed by atoms with Gasteiger partial charge in [-0.2, -0.15) is 0 Å². The molecule has 1 aromatic carbocycles. The van der Waals surface area contributed by atoms with Crippen molar-refractivity contribution in [3.63, 3.8) is 0 Å². The summed E-state index contributed by atoms with van der Waals surface area (Å²) in [4.78, 5) is 4.21. The lowest BCUT2D eigenvalue weighted by Crippen LogP contribution is -2.00. The lowest BCUT2D eigenvalue weighted by Gasteiger charge is -2.09. The third kappa shape index (κ3) is 1.76. The quantitative estimate of drug-likeness (QED) is 0.740. The number of anilines is 2. The van der Waals surface area contributed by atoms with Crippen molar-refractivity contribution < 1.29 is 0 Å². The molecule has 3 heteroatoms. The second-order valence-electron chi connectivity index (χ2n) is 3.48. The smallest absolute Gasteiger partial charge is 0.133 e. The molecule has 0 atom stereocenters. The summed E-state index contributed by atoms with van der Waals surface area (Å²) in [7, 11) is 0. The molecule has 2 aromatic rings. The molecule has 0 aliphatic rings. The molecule has 0 unspecified atom stereocenters. The molecule has 0 spiro atoms. The average molecular weight is 199 g/mol. The van der Waals surface area contributed by atoms with Gasteiger partial charge in [0.25, 0.3) is 0 Å². The number of pyridine rings is 1. The Morgan fingerprint density at radius 1 is 1.07 bits per heavy atom. The van der Waals surface area contributed by atoms with E-state index in [9.17, 15) is 0 Å². The number of nitrogens with two attached hydrogens (primary N) is 2. The topological polar surface area (TPSA) is 64.9 Å². The zero-order valence-corrected chi connectivity index (χ0v) is 8.57. The van der Waals surface area contributed by atoms with Gasteiger partial charge in [0.1, 0.15) is 5.82 Å². The molecule has 4 N–H and O–H groups in total. The van der Waals surface area contributed by atoms with Gasteiger partial charge in [-0.15, -0.1) is 0 Å². The maximum absolute atomic E-state index is 5.93. The number of nitrogen functional groups attached to an aromatic ring is 2. The zero-order valence-electron chi connectivity index (χ0n) is 8.57. The van der Waals surface area contributed by atoms with Crippen LogP contribution in [0.15, 0.2) is 36.4 Å². The van der Waals surface area contributed by atoms with Crippen LogP contribution in [0.3, 0.4) is 0 Å². The summed E-state index contributed by atoms with van der Waals surface area (Å²) in [6.07, 6.45) is 0. The van der Waals surface area contributed by atoms with Gasteiger partial charge >= 0.3 is 0 Å². The van der Waals surface area contributed by atoms with Crippen LogP contribution in [0.1, 0.15) is 5.69 Å². The number of rotatable bonds is 1. The van der Waals surface area contributed by atoms with Gasteiger partial charge in [-0.3, -0.25) is 0 Å². The minimum atomic E-state index is 0.485. The van der Waals surface area contributed by atoms with Crippen LogP contribution >= 0.6 is 0 Å². The number of aryl methyl sites for hydroxylation is 1. The number of benzene rings is 1. The first kappa shape index (κ1) is 9.52. The van der Waals surface area contributed by atoms with E-state index in [1.165, 1.54) is 0 Å². The van der Waals surface area contributed by atoms with E-state index in [2.05, 4.69) is 4.98 Å². The SMILES string of the molecule is Cc1cc(N)c(-c2ccccc2)c(N)n1. The third-order valence-corrected chi connectivity index (χ3v) is 2.27. The fourth-order valence-electron chi connectivity index (χ4n) is 1.64. The van der Waals surface area contributed by atoms with Gasteiger partial charge in [0.05, 0.1) is 0 Å². The van der Waals surface area contributed by atoms with E-state index in [1.807, 2.05) is 43.3 Å². The van der Waals surface area contributed by atoms with Crippen LogP contribution < -0.4 is 11.5 Å². The van der Waals surface area contributed by atoms with E-state index < -0.39 is 0 Å². The fourth-order valence-corrected chi connectivity index (χ4v) is 1.64. The first-order valence-corrected chi connectivity index (χ1v) is 4.76. The second kappa shape index (κ2) is 3.61. The van der Waals surface area contributed by atoms with Crippen molar-refractivity contribution >= 4 is 11.5 Å². The van der Waals surface area contributed by atoms with Crippen molar-refractivity contribution in [2.75, 3.05) is 11.5 Å². The van der Waals surface area contributed by atoms with Crippen LogP contribution in [0, 0.1) is 6.92 Å². The Morgan fingerprint density at radius 3 is 2.33 bits per heavy atom. The third-order valence-electron chi connectivity index (χ3n) is 2.27. The van der Waals surface area contributed by atoms with E-state index in [-0.39, 0.29) is 0 Å². The summed E-state index contributed by atoms with van der Waals surface area (Å²) in [5.41, 5.74) is 15.1. The van der Waals surface area contributed by atoms with Crippen LogP contribution in [0.2, 0.25) is 0 Å². The highest BCUT2D eigenvalue weighted by Crippen LogP contribution is 2.30. The first-order valence-electron chi connectivity index (χ1n) is 4.76. The van der Waals surface area contributed by atoms with Crippen LogP contribution in [0.4, 0.5) is 11.5 Å². The second-order valence-corrected chi connectivity index (χ2v) is 3.48. The zero-order chi connectivity index (χ0) is 10.8. The van der Waals surface area contributed by atoms with E-state index in [0.717, 1.165) is 16.8 Å². The molecule has 0 bridgehead atoms. The molecule has 2 rings (SSSR count). The standard InChI is InChI=1S/C12H13N3/c1-8-7-10(13)11(12(14)15-8)9-5-3-2-4-6-9/h2-7H,1H3,(H4,13,14,15). The molecule has 3 nitrogen and oxygen atoms in total. The van der Waals surface area contributed by atoms with E-state index in [0.29, 0.717) is 11.5 Å². The van der Waals surface area contributed by atoms with Crippen molar-refractivity contribution in [2.24, 2.45) is 0 Å². The summed E-state index contributed by atoms with van der Waals surface area (Å²) in [5, 5.41) is 0. The van der Waals surface area contributed by atoms with Gasteiger partial charge in [0, 0.05) is 16.9 Å². The van der Waals surface area contributed by atoms with Crippen LogP contribution in [0.25, 0.3) is 11.1 Å².